The molecule has 118 valence electrons. The van der Waals surface area contributed by atoms with Crippen molar-refractivity contribution in [3.05, 3.63) is 45.9 Å². The van der Waals surface area contributed by atoms with Gasteiger partial charge in [-0.15, -0.1) is 0 Å². The van der Waals surface area contributed by atoms with Gasteiger partial charge < -0.3 is 10.1 Å². The van der Waals surface area contributed by atoms with E-state index in [-0.39, 0.29) is 6.10 Å². The standard InChI is InChI=1S/C16H13FIN3OS/c17-14-6-5-11(18)15(21-14)22-10-7-9(8-10)19-16-20-12-3-1-2-4-13(12)23-16/h1-6,9-10H,7-8H2,(H,19,20)/t9-,10-. The second-order valence-electron chi connectivity index (χ2n) is 5.46. The number of pyridine rings is 1. The molecule has 0 bridgehead atoms. The lowest BCUT2D eigenvalue weighted by molar-refractivity contribution is 0.101. The van der Waals surface area contributed by atoms with Crippen molar-refractivity contribution in [1.29, 1.82) is 0 Å². The summed E-state index contributed by atoms with van der Waals surface area (Å²) in [6.45, 7) is 0. The first kappa shape index (κ1) is 15.1. The fourth-order valence-corrected chi connectivity index (χ4v) is 3.90. The molecule has 0 atom stereocenters. The molecule has 1 N–H and O–H groups in total. The van der Waals surface area contributed by atoms with E-state index in [1.165, 1.54) is 10.8 Å². The van der Waals surface area contributed by atoms with Crippen molar-refractivity contribution in [3.8, 4) is 5.88 Å². The van der Waals surface area contributed by atoms with Gasteiger partial charge in [-0.25, -0.2) is 4.98 Å². The van der Waals surface area contributed by atoms with Gasteiger partial charge in [0, 0.05) is 18.9 Å². The van der Waals surface area contributed by atoms with Crippen LogP contribution in [0.25, 0.3) is 10.2 Å². The summed E-state index contributed by atoms with van der Waals surface area (Å²) in [6.07, 6.45) is 1.80. The van der Waals surface area contributed by atoms with Crippen LogP contribution in [-0.4, -0.2) is 22.1 Å². The number of benzene rings is 1. The Hall–Kier alpha value is -1.48. The predicted molar refractivity (Wildman–Crippen MR) is 97.6 cm³/mol. The Morgan fingerprint density at radius 2 is 2.00 bits per heavy atom. The highest BCUT2D eigenvalue weighted by Gasteiger charge is 2.32. The van der Waals surface area contributed by atoms with Crippen LogP contribution < -0.4 is 10.1 Å². The van der Waals surface area contributed by atoms with E-state index in [0.717, 1.165) is 27.1 Å². The summed E-state index contributed by atoms with van der Waals surface area (Å²) in [7, 11) is 0. The number of halogens is 2. The maximum absolute atomic E-state index is 13.2. The Kier molecular flexibility index (Phi) is 4.06. The molecule has 1 aromatic carbocycles. The number of aromatic nitrogens is 2. The smallest absolute Gasteiger partial charge is 0.230 e. The Balaban J connectivity index is 1.35. The molecular formula is C16H13FIN3OS. The summed E-state index contributed by atoms with van der Waals surface area (Å²) in [5.41, 5.74) is 1.02. The third kappa shape index (κ3) is 3.25. The lowest BCUT2D eigenvalue weighted by Crippen LogP contribution is -2.42. The quantitative estimate of drug-likeness (QED) is 0.480. The van der Waals surface area contributed by atoms with E-state index in [9.17, 15) is 4.39 Å². The van der Waals surface area contributed by atoms with Gasteiger partial charge in [0.15, 0.2) is 5.13 Å². The van der Waals surface area contributed by atoms with Crippen molar-refractivity contribution in [3.63, 3.8) is 0 Å². The zero-order valence-electron chi connectivity index (χ0n) is 12.0. The number of thiazole rings is 1. The van der Waals surface area contributed by atoms with Crippen LogP contribution in [0.4, 0.5) is 9.52 Å². The Bertz CT molecular complexity index is 817. The molecule has 0 saturated heterocycles. The molecule has 1 saturated carbocycles. The van der Waals surface area contributed by atoms with Gasteiger partial charge >= 0.3 is 0 Å². The molecule has 1 aliphatic carbocycles. The maximum Gasteiger partial charge on any atom is 0.230 e. The fraction of sp³-hybridized carbons (Fsp3) is 0.250. The van der Waals surface area contributed by atoms with Gasteiger partial charge in [-0.3, -0.25) is 0 Å². The average Bonchev–Trinajstić information content (AvgIpc) is 2.91. The molecule has 4 nitrogen and oxygen atoms in total. The highest BCUT2D eigenvalue weighted by Crippen LogP contribution is 2.32. The molecule has 2 aromatic heterocycles. The number of para-hydroxylation sites is 1. The van der Waals surface area contributed by atoms with Crippen molar-refractivity contribution in [2.24, 2.45) is 0 Å². The van der Waals surface area contributed by atoms with Gasteiger partial charge in [0.1, 0.15) is 6.10 Å². The number of rotatable bonds is 4. The lowest BCUT2D eigenvalue weighted by Gasteiger charge is -2.35. The van der Waals surface area contributed by atoms with E-state index in [0.29, 0.717) is 11.9 Å². The highest BCUT2D eigenvalue weighted by molar-refractivity contribution is 14.1. The molecule has 1 fully saturated rings. The van der Waals surface area contributed by atoms with Crippen molar-refractivity contribution < 1.29 is 9.13 Å². The number of nitrogens with one attached hydrogen (secondary N) is 1. The van der Waals surface area contributed by atoms with E-state index in [2.05, 4.69) is 43.9 Å². The zero-order chi connectivity index (χ0) is 15.8. The van der Waals surface area contributed by atoms with Gasteiger partial charge in [-0.1, -0.05) is 23.5 Å². The Morgan fingerprint density at radius 3 is 2.83 bits per heavy atom. The molecule has 2 heterocycles. The van der Waals surface area contributed by atoms with Gasteiger partial charge in [-0.05, 0) is 46.9 Å². The molecule has 7 heteroatoms. The number of fused-ring (bicyclic) bond motifs is 1. The zero-order valence-corrected chi connectivity index (χ0v) is 15.0. The van der Waals surface area contributed by atoms with Crippen molar-refractivity contribution in [2.75, 3.05) is 5.32 Å². The van der Waals surface area contributed by atoms with Crippen molar-refractivity contribution in [1.82, 2.24) is 9.97 Å². The molecule has 0 aliphatic heterocycles. The third-order valence-corrected chi connectivity index (χ3v) is 5.56. The number of hydrogen-bond acceptors (Lipinski definition) is 5. The molecule has 0 spiro atoms. The van der Waals surface area contributed by atoms with Gasteiger partial charge in [-0.2, -0.15) is 9.37 Å². The molecule has 0 amide bonds. The molecular weight excluding hydrogens is 428 g/mol. The molecule has 0 unspecified atom stereocenters. The summed E-state index contributed by atoms with van der Waals surface area (Å²) in [5.74, 6) is -0.127. The normalized spacial score (nSPS) is 20.3. The summed E-state index contributed by atoms with van der Waals surface area (Å²) in [6, 6.07) is 11.5. The third-order valence-electron chi connectivity index (χ3n) is 3.77. The first-order valence-corrected chi connectivity index (χ1v) is 9.18. The van der Waals surface area contributed by atoms with Crippen molar-refractivity contribution in [2.45, 2.75) is 25.0 Å². The first-order chi connectivity index (χ1) is 11.2. The summed E-state index contributed by atoms with van der Waals surface area (Å²) < 4.78 is 21.0. The molecule has 3 aromatic rings. The highest BCUT2D eigenvalue weighted by atomic mass is 127. The minimum atomic E-state index is -0.510. The van der Waals surface area contributed by atoms with E-state index in [4.69, 9.17) is 4.74 Å². The molecule has 23 heavy (non-hydrogen) atoms. The van der Waals surface area contributed by atoms with Crippen LogP contribution in [-0.2, 0) is 0 Å². The second-order valence-corrected chi connectivity index (χ2v) is 7.65. The minimum absolute atomic E-state index is 0.0738. The van der Waals surface area contributed by atoms with Crippen LogP contribution in [0.15, 0.2) is 36.4 Å². The topological polar surface area (TPSA) is 47.0 Å². The Morgan fingerprint density at radius 1 is 1.17 bits per heavy atom. The van der Waals surface area contributed by atoms with E-state index >= 15 is 0 Å². The van der Waals surface area contributed by atoms with Gasteiger partial charge in [0.2, 0.25) is 11.8 Å². The van der Waals surface area contributed by atoms with E-state index in [1.54, 1.807) is 17.4 Å². The first-order valence-electron chi connectivity index (χ1n) is 7.28. The summed E-state index contributed by atoms with van der Waals surface area (Å²) in [4.78, 5) is 8.38. The largest absolute Gasteiger partial charge is 0.473 e. The van der Waals surface area contributed by atoms with E-state index < -0.39 is 5.95 Å². The summed E-state index contributed by atoms with van der Waals surface area (Å²) in [5, 5.41) is 4.38. The molecule has 4 rings (SSSR count). The number of ether oxygens (including phenoxy) is 1. The Labute approximate surface area is 150 Å². The van der Waals surface area contributed by atoms with Crippen LogP contribution >= 0.6 is 33.9 Å². The summed E-state index contributed by atoms with van der Waals surface area (Å²) >= 11 is 3.76. The van der Waals surface area contributed by atoms with Crippen LogP contribution in [0.2, 0.25) is 0 Å². The van der Waals surface area contributed by atoms with Crippen LogP contribution in [0.3, 0.4) is 0 Å². The van der Waals surface area contributed by atoms with Crippen LogP contribution in [0, 0.1) is 9.52 Å². The second kappa shape index (κ2) is 6.20. The predicted octanol–water partition coefficient (Wildman–Crippen LogP) is 4.46. The number of hydrogen-bond donors (Lipinski definition) is 1. The van der Waals surface area contributed by atoms with E-state index in [1.807, 2.05) is 18.2 Å². The number of anilines is 1. The van der Waals surface area contributed by atoms with Crippen LogP contribution in [0.1, 0.15) is 12.8 Å². The molecule has 1 aliphatic rings. The maximum atomic E-state index is 13.2. The van der Waals surface area contributed by atoms with Gasteiger partial charge in [0.05, 0.1) is 13.8 Å². The van der Waals surface area contributed by atoms with Gasteiger partial charge in [0.25, 0.3) is 0 Å². The number of nitrogens with zero attached hydrogens (tertiary/aromatic N) is 2. The van der Waals surface area contributed by atoms with Crippen molar-refractivity contribution >= 4 is 49.3 Å². The average molecular weight is 441 g/mol. The monoisotopic (exact) mass is 441 g/mol. The fourth-order valence-electron chi connectivity index (χ4n) is 2.53. The molecule has 0 radical (unpaired) electrons. The lowest BCUT2D eigenvalue weighted by atomic mass is 9.89. The van der Waals surface area contributed by atoms with Crippen LogP contribution in [0.5, 0.6) is 5.88 Å². The SMILES string of the molecule is Fc1ccc(I)c(O[C@H]2C[C@H](Nc3nc4ccccc4s3)C2)n1. The minimum Gasteiger partial charge on any atom is -0.473 e.